The molecule has 0 spiro atoms. The minimum atomic E-state index is -3.32. The second-order valence-corrected chi connectivity index (χ2v) is 5.70. The third-order valence-corrected chi connectivity index (χ3v) is 3.73. The Morgan fingerprint density at radius 2 is 2.00 bits per heavy atom. The van der Waals surface area contributed by atoms with Crippen molar-refractivity contribution in [2.75, 3.05) is 12.9 Å². The van der Waals surface area contributed by atoms with Gasteiger partial charge in [0.25, 0.3) is 0 Å². The topological polar surface area (TPSA) is 65.4 Å². The summed E-state index contributed by atoms with van der Waals surface area (Å²) in [4.78, 5) is 11.9. The molecule has 0 radical (unpaired) electrons. The first-order chi connectivity index (χ1) is 7.82. The zero-order valence-corrected chi connectivity index (χ0v) is 11.3. The van der Waals surface area contributed by atoms with Crippen LogP contribution in [0.25, 0.3) is 0 Å². The lowest BCUT2D eigenvalue weighted by molar-refractivity contribution is 0.0513. The summed E-state index contributed by atoms with van der Waals surface area (Å²) in [6.45, 7) is 6.03. The van der Waals surface area contributed by atoms with Gasteiger partial charge in [0, 0.05) is 18.5 Å². The monoisotopic (exact) mass is 259 g/mol. The van der Waals surface area contributed by atoms with E-state index >= 15 is 0 Å². The number of hydrogen-bond acceptors (Lipinski definition) is 4. The van der Waals surface area contributed by atoms with Crippen LogP contribution in [-0.2, 0) is 21.1 Å². The maximum atomic E-state index is 11.7. The molecule has 0 saturated heterocycles. The van der Waals surface area contributed by atoms with Gasteiger partial charge >= 0.3 is 5.97 Å². The minimum absolute atomic E-state index is 0.183. The van der Waals surface area contributed by atoms with Gasteiger partial charge in [-0.2, -0.15) is 0 Å². The van der Waals surface area contributed by atoms with Crippen LogP contribution >= 0.6 is 0 Å². The van der Waals surface area contributed by atoms with E-state index in [2.05, 4.69) is 0 Å². The number of esters is 1. The van der Waals surface area contributed by atoms with E-state index in [-0.39, 0.29) is 17.2 Å². The number of hydrogen-bond donors (Lipinski definition) is 0. The summed E-state index contributed by atoms with van der Waals surface area (Å²) < 4.78 is 29.6. The lowest BCUT2D eigenvalue weighted by atomic mass is 10.4. The molecule has 0 aliphatic carbocycles. The predicted octanol–water partition coefficient (Wildman–Crippen LogP) is 1.40. The van der Waals surface area contributed by atoms with Crippen molar-refractivity contribution in [2.45, 2.75) is 32.2 Å². The minimum Gasteiger partial charge on any atom is -0.461 e. The lowest BCUT2D eigenvalue weighted by Crippen LogP contribution is -2.12. The third kappa shape index (κ3) is 2.69. The molecule has 0 atom stereocenters. The summed E-state index contributed by atoms with van der Waals surface area (Å²) in [5.74, 6) is -0.493. The molecule has 0 bridgehead atoms. The Kier molecular flexibility index (Phi) is 3.98. The highest BCUT2D eigenvalue weighted by atomic mass is 32.2. The molecule has 17 heavy (non-hydrogen) atoms. The number of nitrogens with zero attached hydrogens (tertiary/aromatic N) is 1. The number of aromatic nitrogens is 1. The maximum absolute atomic E-state index is 11.7. The van der Waals surface area contributed by atoms with Crippen molar-refractivity contribution in [2.24, 2.45) is 0 Å². The van der Waals surface area contributed by atoms with E-state index in [1.165, 1.54) is 6.07 Å². The third-order valence-electron chi connectivity index (χ3n) is 2.52. The van der Waals surface area contributed by atoms with Crippen LogP contribution in [0.1, 0.15) is 30.0 Å². The van der Waals surface area contributed by atoms with Crippen molar-refractivity contribution in [3.8, 4) is 0 Å². The normalized spacial score (nSPS) is 11.5. The first-order valence-electron chi connectivity index (χ1n) is 5.40. The molecule has 1 rings (SSSR count). The molecule has 0 fully saturated rings. The maximum Gasteiger partial charge on any atom is 0.354 e. The van der Waals surface area contributed by atoms with Gasteiger partial charge in [0.2, 0.25) is 0 Å². The smallest absolute Gasteiger partial charge is 0.354 e. The highest BCUT2D eigenvalue weighted by Gasteiger charge is 2.22. The molecular formula is C11H17NO4S. The van der Waals surface area contributed by atoms with Crippen LogP contribution in [0, 0.1) is 6.92 Å². The van der Waals surface area contributed by atoms with Gasteiger partial charge in [0.15, 0.2) is 9.84 Å². The van der Waals surface area contributed by atoms with Gasteiger partial charge in [0.1, 0.15) is 5.69 Å². The molecule has 1 heterocycles. The van der Waals surface area contributed by atoms with E-state index in [0.29, 0.717) is 12.2 Å². The summed E-state index contributed by atoms with van der Waals surface area (Å²) in [5.41, 5.74) is 0.852. The molecule has 5 nitrogen and oxygen atoms in total. The Morgan fingerprint density at radius 3 is 2.41 bits per heavy atom. The molecule has 0 aliphatic rings. The predicted molar refractivity (Wildman–Crippen MR) is 63.9 cm³/mol. The number of ether oxygens (including phenoxy) is 1. The number of carbonyl (C=O) groups excluding carboxylic acids is 1. The Bertz CT molecular complexity index is 528. The van der Waals surface area contributed by atoms with Gasteiger partial charge in [-0.05, 0) is 26.8 Å². The van der Waals surface area contributed by atoms with Crippen LogP contribution in [0.2, 0.25) is 0 Å². The van der Waals surface area contributed by atoms with Gasteiger partial charge in [-0.1, -0.05) is 0 Å². The fourth-order valence-electron chi connectivity index (χ4n) is 1.78. The van der Waals surface area contributed by atoms with Gasteiger partial charge in [-0.25, -0.2) is 13.2 Å². The van der Waals surface area contributed by atoms with E-state index in [1.807, 2.05) is 6.92 Å². The van der Waals surface area contributed by atoms with E-state index in [9.17, 15) is 13.2 Å². The summed E-state index contributed by atoms with van der Waals surface area (Å²) in [6.07, 6.45) is 1.13. The van der Waals surface area contributed by atoms with Crippen LogP contribution in [0.5, 0.6) is 0 Å². The first kappa shape index (κ1) is 13.8. The van der Waals surface area contributed by atoms with Crippen LogP contribution < -0.4 is 0 Å². The van der Waals surface area contributed by atoms with Gasteiger partial charge in [0.05, 0.1) is 11.5 Å². The van der Waals surface area contributed by atoms with Crippen LogP contribution in [0.4, 0.5) is 0 Å². The van der Waals surface area contributed by atoms with Gasteiger partial charge < -0.3 is 9.30 Å². The van der Waals surface area contributed by atoms with Crippen LogP contribution in [-0.4, -0.2) is 31.8 Å². The van der Waals surface area contributed by atoms with E-state index in [1.54, 1.807) is 18.4 Å². The summed E-state index contributed by atoms with van der Waals surface area (Å²) >= 11 is 0. The average Bonchev–Trinajstić information content (AvgIpc) is 2.55. The van der Waals surface area contributed by atoms with Crippen molar-refractivity contribution in [1.82, 2.24) is 4.57 Å². The summed E-state index contributed by atoms with van der Waals surface area (Å²) in [5, 5.41) is 0. The Hall–Kier alpha value is -1.30. The molecule has 0 unspecified atom stereocenters. The second kappa shape index (κ2) is 4.91. The summed E-state index contributed by atoms with van der Waals surface area (Å²) in [6, 6.07) is 1.38. The molecule has 6 heteroatoms. The fraction of sp³-hybridized carbons (Fsp3) is 0.545. The SMILES string of the molecule is CCOC(=O)c1cc(S(C)(=O)=O)c(C)n1CC. The highest BCUT2D eigenvalue weighted by molar-refractivity contribution is 7.90. The molecule has 1 aromatic rings. The van der Waals surface area contributed by atoms with Gasteiger partial charge in [-0.15, -0.1) is 0 Å². The Balaban J connectivity index is 3.38. The first-order valence-corrected chi connectivity index (χ1v) is 7.29. The molecule has 0 N–H and O–H groups in total. The van der Waals surface area contributed by atoms with Crippen molar-refractivity contribution < 1.29 is 17.9 Å². The van der Waals surface area contributed by atoms with Crippen molar-refractivity contribution in [3.05, 3.63) is 17.5 Å². The van der Waals surface area contributed by atoms with Crippen molar-refractivity contribution in [3.63, 3.8) is 0 Å². The zero-order chi connectivity index (χ0) is 13.2. The largest absolute Gasteiger partial charge is 0.461 e. The zero-order valence-electron chi connectivity index (χ0n) is 10.5. The Labute approximate surface area is 101 Å². The molecule has 0 amide bonds. The molecule has 1 aromatic heterocycles. The average molecular weight is 259 g/mol. The van der Waals surface area contributed by atoms with Gasteiger partial charge in [-0.3, -0.25) is 0 Å². The number of carbonyl (C=O) groups is 1. The highest BCUT2D eigenvalue weighted by Crippen LogP contribution is 2.21. The molecule has 96 valence electrons. The van der Waals surface area contributed by atoms with E-state index < -0.39 is 15.8 Å². The van der Waals surface area contributed by atoms with Crippen LogP contribution in [0.15, 0.2) is 11.0 Å². The van der Waals surface area contributed by atoms with Crippen molar-refractivity contribution in [1.29, 1.82) is 0 Å². The second-order valence-electron chi connectivity index (χ2n) is 3.72. The lowest BCUT2D eigenvalue weighted by Gasteiger charge is -2.07. The number of rotatable bonds is 4. The van der Waals surface area contributed by atoms with E-state index in [0.717, 1.165) is 6.26 Å². The number of sulfone groups is 1. The summed E-state index contributed by atoms with van der Waals surface area (Å²) in [7, 11) is -3.32. The standard InChI is InChI=1S/C11H17NO4S/c1-5-12-8(3)10(17(4,14)15)7-9(12)11(13)16-6-2/h7H,5-6H2,1-4H3. The fourth-order valence-corrected chi connectivity index (χ4v) is 2.75. The quantitative estimate of drug-likeness (QED) is 0.767. The van der Waals surface area contributed by atoms with E-state index in [4.69, 9.17) is 4.74 Å². The molecule has 0 aliphatic heterocycles. The molecular weight excluding hydrogens is 242 g/mol. The van der Waals surface area contributed by atoms with Crippen molar-refractivity contribution >= 4 is 15.8 Å². The Morgan fingerprint density at radius 1 is 1.41 bits per heavy atom. The molecule has 0 saturated carbocycles. The molecule has 0 aromatic carbocycles. The van der Waals surface area contributed by atoms with Crippen LogP contribution in [0.3, 0.4) is 0 Å².